The van der Waals surface area contributed by atoms with Crippen molar-refractivity contribution in [1.29, 1.82) is 0 Å². The van der Waals surface area contributed by atoms with Crippen LogP contribution in [-0.2, 0) is 15.9 Å². The van der Waals surface area contributed by atoms with Crippen molar-refractivity contribution in [2.24, 2.45) is 5.92 Å². The topological polar surface area (TPSA) is 30.5 Å². The zero-order valence-corrected chi connectivity index (χ0v) is 12.4. The largest absolute Gasteiger partial charge is 0.385 e. The Kier molecular flexibility index (Phi) is 8.47. The number of rotatable bonds is 10. The zero-order valence-electron chi connectivity index (χ0n) is 12.4. The van der Waals surface area contributed by atoms with E-state index in [1.54, 1.807) is 14.2 Å². The molecule has 0 radical (unpaired) electrons. The Bertz CT molecular complexity index is 341. The molecular formula is C16H27NO2. The summed E-state index contributed by atoms with van der Waals surface area (Å²) in [5.41, 5.74) is 2.74. The summed E-state index contributed by atoms with van der Waals surface area (Å²) >= 11 is 0. The summed E-state index contributed by atoms with van der Waals surface area (Å²) in [5, 5.41) is 3.45. The lowest BCUT2D eigenvalue weighted by atomic mass is 9.95. The van der Waals surface area contributed by atoms with Crippen LogP contribution in [0.4, 0.5) is 0 Å². The molecule has 1 atom stereocenters. The first-order chi connectivity index (χ1) is 9.26. The molecule has 19 heavy (non-hydrogen) atoms. The zero-order chi connectivity index (χ0) is 13.9. The smallest absolute Gasteiger partial charge is 0.0587 e. The number of hydrogen-bond donors (Lipinski definition) is 1. The number of ether oxygens (including phenoxy) is 2. The first-order valence-corrected chi connectivity index (χ1v) is 7.00. The Morgan fingerprint density at radius 3 is 2.63 bits per heavy atom. The molecule has 0 aliphatic carbocycles. The van der Waals surface area contributed by atoms with Crippen LogP contribution in [0.5, 0.6) is 0 Å². The molecule has 0 saturated heterocycles. The molecule has 0 bridgehead atoms. The SMILES string of the molecule is COCCNCC(CCOC)Cc1cccc(C)c1. The fraction of sp³-hybridized carbons (Fsp3) is 0.625. The van der Waals surface area contributed by atoms with Crippen molar-refractivity contribution in [1.82, 2.24) is 5.32 Å². The minimum absolute atomic E-state index is 0.610. The van der Waals surface area contributed by atoms with E-state index in [4.69, 9.17) is 9.47 Å². The van der Waals surface area contributed by atoms with Gasteiger partial charge in [-0.2, -0.15) is 0 Å². The molecule has 1 unspecified atom stereocenters. The summed E-state index contributed by atoms with van der Waals surface area (Å²) in [7, 11) is 3.50. The van der Waals surface area contributed by atoms with Gasteiger partial charge in [0.25, 0.3) is 0 Å². The second kappa shape index (κ2) is 9.96. The van der Waals surface area contributed by atoms with Crippen molar-refractivity contribution in [2.75, 3.05) is 40.5 Å². The van der Waals surface area contributed by atoms with Crippen molar-refractivity contribution in [3.63, 3.8) is 0 Å². The third kappa shape index (κ3) is 7.31. The summed E-state index contributed by atoms with van der Waals surface area (Å²) in [6, 6.07) is 8.76. The van der Waals surface area contributed by atoms with Gasteiger partial charge in [-0.15, -0.1) is 0 Å². The fourth-order valence-corrected chi connectivity index (χ4v) is 2.21. The van der Waals surface area contributed by atoms with E-state index in [0.29, 0.717) is 5.92 Å². The van der Waals surface area contributed by atoms with Crippen molar-refractivity contribution in [2.45, 2.75) is 19.8 Å². The van der Waals surface area contributed by atoms with Gasteiger partial charge in [0.2, 0.25) is 0 Å². The van der Waals surface area contributed by atoms with E-state index in [-0.39, 0.29) is 0 Å². The van der Waals surface area contributed by atoms with Crippen LogP contribution in [0.25, 0.3) is 0 Å². The van der Waals surface area contributed by atoms with Crippen LogP contribution in [0, 0.1) is 12.8 Å². The van der Waals surface area contributed by atoms with Gasteiger partial charge in [0.05, 0.1) is 6.61 Å². The van der Waals surface area contributed by atoms with Crippen molar-refractivity contribution < 1.29 is 9.47 Å². The Morgan fingerprint density at radius 1 is 1.16 bits per heavy atom. The highest BCUT2D eigenvalue weighted by Gasteiger charge is 2.09. The van der Waals surface area contributed by atoms with Gasteiger partial charge in [-0.1, -0.05) is 29.8 Å². The molecule has 0 amide bonds. The fourth-order valence-electron chi connectivity index (χ4n) is 2.21. The number of hydrogen-bond acceptors (Lipinski definition) is 3. The monoisotopic (exact) mass is 265 g/mol. The first-order valence-electron chi connectivity index (χ1n) is 7.00. The number of nitrogens with one attached hydrogen (secondary N) is 1. The van der Waals surface area contributed by atoms with Crippen LogP contribution in [0.3, 0.4) is 0 Å². The molecule has 1 aromatic carbocycles. The van der Waals surface area contributed by atoms with Gasteiger partial charge in [-0.3, -0.25) is 0 Å². The van der Waals surface area contributed by atoms with Gasteiger partial charge in [0.1, 0.15) is 0 Å². The lowest BCUT2D eigenvalue weighted by Gasteiger charge is -2.17. The third-order valence-corrected chi connectivity index (χ3v) is 3.25. The average Bonchev–Trinajstić information content (AvgIpc) is 2.40. The second-order valence-electron chi connectivity index (χ2n) is 5.04. The molecule has 0 spiro atoms. The maximum absolute atomic E-state index is 5.21. The van der Waals surface area contributed by atoms with E-state index >= 15 is 0 Å². The van der Waals surface area contributed by atoms with Crippen LogP contribution in [-0.4, -0.2) is 40.5 Å². The van der Waals surface area contributed by atoms with Gasteiger partial charge in [-0.25, -0.2) is 0 Å². The molecule has 0 fully saturated rings. The van der Waals surface area contributed by atoms with Crippen LogP contribution in [0.15, 0.2) is 24.3 Å². The second-order valence-corrected chi connectivity index (χ2v) is 5.04. The molecule has 0 aliphatic heterocycles. The first kappa shape index (κ1) is 16.2. The van der Waals surface area contributed by atoms with E-state index < -0.39 is 0 Å². The average molecular weight is 265 g/mol. The van der Waals surface area contributed by atoms with Gasteiger partial charge >= 0.3 is 0 Å². The van der Waals surface area contributed by atoms with Crippen LogP contribution in [0.2, 0.25) is 0 Å². The van der Waals surface area contributed by atoms with Crippen LogP contribution >= 0.6 is 0 Å². The minimum Gasteiger partial charge on any atom is -0.385 e. The molecule has 3 heteroatoms. The molecule has 0 heterocycles. The highest BCUT2D eigenvalue weighted by Crippen LogP contribution is 2.13. The Labute approximate surface area is 117 Å². The van der Waals surface area contributed by atoms with Gasteiger partial charge in [0.15, 0.2) is 0 Å². The number of aryl methyl sites for hydroxylation is 1. The molecule has 1 aromatic rings. The summed E-state index contributed by atoms with van der Waals surface area (Å²) < 4.78 is 10.3. The van der Waals surface area contributed by atoms with Gasteiger partial charge < -0.3 is 14.8 Å². The Morgan fingerprint density at radius 2 is 1.95 bits per heavy atom. The minimum atomic E-state index is 0.610. The number of benzene rings is 1. The van der Waals surface area contributed by atoms with E-state index in [1.807, 2.05) is 0 Å². The lowest BCUT2D eigenvalue weighted by molar-refractivity contribution is 0.172. The summed E-state index contributed by atoms with van der Waals surface area (Å²) in [5.74, 6) is 0.610. The molecular weight excluding hydrogens is 238 g/mol. The van der Waals surface area contributed by atoms with Gasteiger partial charge in [0, 0.05) is 27.4 Å². The predicted molar refractivity (Wildman–Crippen MR) is 79.6 cm³/mol. The summed E-state index contributed by atoms with van der Waals surface area (Å²) in [4.78, 5) is 0. The van der Waals surface area contributed by atoms with Crippen molar-refractivity contribution in [3.05, 3.63) is 35.4 Å². The molecule has 0 aromatic heterocycles. The molecule has 1 N–H and O–H groups in total. The van der Waals surface area contributed by atoms with Crippen LogP contribution < -0.4 is 5.32 Å². The quantitative estimate of drug-likeness (QED) is 0.659. The predicted octanol–water partition coefficient (Wildman–Crippen LogP) is 2.43. The number of methoxy groups -OCH3 is 2. The van der Waals surface area contributed by atoms with E-state index in [9.17, 15) is 0 Å². The molecule has 3 nitrogen and oxygen atoms in total. The molecule has 0 aliphatic rings. The highest BCUT2D eigenvalue weighted by atomic mass is 16.5. The summed E-state index contributed by atoms with van der Waals surface area (Å²) in [6.07, 6.45) is 2.19. The Hall–Kier alpha value is -0.900. The van der Waals surface area contributed by atoms with Crippen molar-refractivity contribution >= 4 is 0 Å². The standard InChI is InChI=1S/C16H27NO2/c1-14-5-4-6-15(11-14)12-16(7-9-18-2)13-17-8-10-19-3/h4-6,11,16-17H,7-10,12-13H2,1-3H3. The van der Waals surface area contributed by atoms with E-state index in [2.05, 4.69) is 36.5 Å². The Balaban J connectivity index is 2.43. The lowest BCUT2D eigenvalue weighted by Crippen LogP contribution is -2.28. The molecule has 0 saturated carbocycles. The van der Waals surface area contributed by atoms with E-state index in [1.165, 1.54) is 11.1 Å². The third-order valence-electron chi connectivity index (χ3n) is 3.25. The normalized spacial score (nSPS) is 12.6. The van der Waals surface area contributed by atoms with Crippen molar-refractivity contribution in [3.8, 4) is 0 Å². The maximum atomic E-state index is 5.21. The van der Waals surface area contributed by atoms with Gasteiger partial charge in [-0.05, 0) is 37.8 Å². The molecule has 1 rings (SSSR count). The molecule has 108 valence electrons. The highest BCUT2D eigenvalue weighted by molar-refractivity contribution is 5.22. The summed E-state index contributed by atoms with van der Waals surface area (Å²) in [6.45, 7) is 5.66. The van der Waals surface area contributed by atoms with E-state index in [0.717, 1.165) is 39.1 Å². The van der Waals surface area contributed by atoms with Crippen LogP contribution in [0.1, 0.15) is 17.5 Å². The maximum Gasteiger partial charge on any atom is 0.0587 e.